The van der Waals surface area contributed by atoms with Crippen LogP contribution >= 0.6 is 0 Å². The summed E-state index contributed by atoms with van der Waals surface area (Å²) in [7, 11) is 0. The maximum absolute atomic E-state index is 13.4. The van der Waals surface area contributed by atoms with Gasteiger partial charge in [0.15, 0.2) is 0 Å². The molecule has 3 heterocycles. The van der Waals surface area contributed by atoms with Crippen LogP contribution in [-0.4, -0.2) is 27.5 Å². The summed E-state index contributed by atoms with van der Waals surface area (Å²) in [5.41, 5.74) is 4.28. The van der Waals surface area contributed by atoms with Gasteiger partial charge in [0.2, 0.25) is 0 Å². The quantitative estimate of drug-likeness (QED) is 0.729. The molecular formula is C22H23N3O. The zero-order valence-corrected chi connectivity index (χ0v) is 14.9. The van der Waals surface area contributed by atoms with E-state index in [9.17, 15) is 4.79 Å². The minimum Gasteiger partial charge on any atom is -0.298 e. The lowest BCUT2D eigenvalue weighted by Crippen LogP contribution is -2.38. The summed E-state index contributed by atoms with van der Waals surface area (Å²) in [6.07, 6.45) is 5.44. The molecule has 0 unspecified atom stereocenters. The third-order valence-electron chi connectivity index (χ3n) is 5.69. The first-order valence-corrected chi connectivity index (χ1v) is 9.55. The van der Waals surface area contributed by atoms with Crippen molar-refractivity contribution in [1.29, 1.82) is 0 Å². The summed E-state index contributed by atoms with van der Waals surface area (Å²) in [5.74, 6) is 0.852. The first-order valence-electron chi connectivity index (χ1n) is 9.55. The molecule has 4 heteroatoms. The van der Waals surface area contributed by atoms with Gasteiger partial charge in [0.1, 0.15) is 5.65 Å². The minimum absolute atomic E-state index is 0.135. The lowest BCUT2D eigenvalue weighted by atomic mass is 9.97. The van der Waals surface area contributed by atoms with Crippen molar-refractivity contribution in [3.8, 4) is 0 Å². The number of hydrogen-bond donors (Lipinski definition) is 0. The van der Waals surface area contributed by atoms with Crippen LogP contribution in [0.3, 0.4) is 0 Å². The first kappa shape index (κ1) is 15.8. The van der Waals surface area contributed by atoms with Gasteiger partial charge in [-0.1, -0.05) is 30.3 Å². The van der Waals surface area contributed by atoms with Crippen molar-refractivity contribution in [2.75, 3.05) is 13.1 Å². The van der Waals surface area contributed by atoms with E-state index in [1.807, 2.05) is 28.8 Å². The molecule has 0 N–H and O–H groups in total. The Morgan fingerprint density at radius 1 is 1.04 bits per heavy atom. The highest BCUT2D eigenvalue weighted by molar-refractivity contribution is 5.80. The number of pyridine rings is 2. The van der Waals surface area contributed by atoms with Crippen molar-refractivity contribution < 1.29 is 0 Å². The third-order valence-corrected chi connectivity index (χ3v) is 5.69. The number of nitrogens with zero attached hydrogens (tertiary/aromatic N) is 3. The Morgan fingerprint density at radius 3 is 2.69 bits per heavy atom. The van der Waals surface area contributed by atoms with Crippen LogP contribution in [0, 0.1) is 5.92 Å². The fourth-order valence-electron chi connectivity index (χ4n) is 4.15. The SMILES string of the molecule is O=c1c2c(c3cccnc3n1Cc1ccccc1)CCN(CC1CC1)C2. The van der Waals surface area contributed by atoms with E-state index in [1.165, 1.54) is 18.4 Å². The van der Waals surface area contributed by atoms with Crippen molar-refractivity contribution in [3.05, 3.63) is 75.7 Å². The van der Waals surface area contributed by atoms with Crippen molar-refractivity contribution in [2.24, 2.45) is 5.92 Å². The molecule has 2 aliphatic rings. The standard InChI is InChI=1S/C22H23N3O/c26-22-20-15-24(13-17-8-9-17)12-10-18(20)19-7-4-11-23-21(19)25(22)14-16-5-2-1-3-6-16/h1-7,11,17H,8-10,12-15H2. The Hall–Kier alpha value is -2.46. The predicted molar refractivity (Wildman–Crippen MR) is 103 cm³/mol. The van der Waals surface area contributed by atoms with Crippen LogP contribution < -0.4 is 5.56 Å². The molecule has 132 valence electrons. The van der Waals surface area contributed by atoms with E-state index >= 15 is 0 Å². The molecule has 1 aliphatic carbocycles. The molecule has 3 aromatic rings. The highest BCUT2D eigenvalue weighted by atomic mass is 16.1. The first-order chi connectivity index (χ1) is 12.8. The van der Waals surface area contributed by atoms with E-state index in [0.717, 1.165) is 54.1 Å². The van der Waals surface area contributed by atoms with Gasteiger partial charge in [-0.15, -0.1) is 0 Å². The van der Waals surface area contributed by atoms with E-state index in [4.69, 9.17) is 0 Å². The summed E-state index contributed by atoms with van der Waals surface area (Å²) in [5, 5.41) is 1.14. The average molecular weight is 345 g/mol. The maximum Gasteiger partial charge on any atom is 0.257 e. The number of benzene rings is 1. The Morgan fingerprint density at radius 2 is 1.88 bits per heavy atom. The fourth-order valence-corrected chi connectivity index (χ4v) is 4.15. The fraction of sp³-hybridized carbons (Fsp3) is 0.364. The van der Waals surface area contributed by atoms with Crippen LogP contribution in [0.5, 0.6) is 0 Å². The van der Waals surface area contributed by atoms with E-state index in [2.05, 4.69) is 28.1 Å². The normalized spacial score (nSPS) is 17.4. The van der Waals surface area contributed by atoms with Gasteiger partial charge in [-0.2, -0.15) is 0 Å². The Balaban J connectivity index is 1.62. The smallest absolute Gasteiger partial charge is 0.257 e. The second-order valence-electron chi connectivity index (χ2n) is 7.64. The van der Waals surface area contributed by atoms with Gasteiger partial charge in [0, 0.05) is 36.8 Å². The number of aromatic nitrogens is 2. The maximum atomic E-state index is 13.4. The molecule has 1 fully saturated rings. The van der Waals surface area contributed by atoms with Gasteiger partial charge < -0.3 is 0 Å². The Labute approximate surface area is 153 Å². The van der Waals surface area contributed by atoms with Gasteiger partial charge in [0.25, 0.3) is 5.56 Å². The van der Waals surface area contributed by atoms with Crippen molar-refractivity contribution in [1.82, 2.24) is 14.5 Å². The summed E-state index contributed by atoms with van der Waals surface area (Å²) in [6, 6.07) is 14.3. The van der Waals surface area contributed by atoms with E-state index in [-0.39, 0.29) is 5.56 Å². The summed E-state index contributed by atoms with van der Waals surface area (Å²) in [6.45, 7) is 3.55. The number of fused-ring (bicyclic) bond motifs is 3. The molecule has 0 bridgehead atoms. The van der Waals surface area contributed by atoms with Crippen LogP contribution in [0.4, 0.5) is 0 Å². The molecule has 0 spiro atoms. The molecular weight excluding hydrogens is 322 g/mol. The third kappa shape index (κ3) is 2.84. The molecule has 0 saturated heterocycles. The van der Waals surface area contributed by atoms with Gasteiger partial charge >= 0.3 is 0 Å². The lowest BCUT2D eigenvalue weighted by Gasteiger charge is -2.29. The van der Waals surface area contributed by atoms with Gasteiger partial charge in [-0.3, -0.25) is 14.3 Å². The van der Waals surface area contributed by atoms with Crippen LogP contribution in [0.15, 0.2) is 53.5 Å². The lowest BCUT2D eigenvalue weighted by molar-refractivity contribution is 0.242. The second kappa shape index (κ2) is 6.36. The van der Waals surface area contributed by atoms with Crippen molar-refractivity contribution in [3.63, 3.8) is 0 Å². The van der Waals surface area contributed by atoms with Gasteiger partial charge in [0.05, 0.1) is 6.54 Å². The van der Waals surface area contributed by atoms with Crippen LogP contribution in [0.2, 0.25) is 0 Å². The highest BCUT2D eigenvalue weighted by Gasteiger charge is 2.29. The van der Waals surface area contributed by atoms with Gasteiger partial charge in [-0.25, -0.2) is 4.98 Å². The van der Waals surface area contributed by atoms with Gasteiger partial charge in [-0.05, 0) is 48.4 Å². The van der Waals surface area contributed by atoms with Crippen LogP contribution in [0.25, 0.3) is 11.0 Å². The zero-order valence-electron chi connectivity index (χ0n) is 14.9. The van der Waals surface area contributed by atoms with Crippen molar-refractivity contribution in [2.45, 2.75) is 32.4 Å². The minimum atomic E-state index is 0.135. The molecule has 26 heavy (non-hydrogen) atoms. The monoisotopic (exact) mass is 345 g/mol. The van der Waals surface area contributed by atoms with E-state index in [1.54, 1.807) is 6.20 Å². The molecule has 5 rings (SSSR count). The van der Waals surface area contributed by atoms with Crippen molar-refractivity contribution >= 4 is 11.0 Å². The molecule has 0 amide bonds. The van der Waals surface area contributed by atoms with Crippen LogP contribution in [-0.2, 0) is 19.5 Å². The zero-order chi connectivity index (χ0) is 17.5. The molecule has 2 aromatic heterocycles. The molecule has 1 saturated carbocycles. The van der Waals surface area contributed by atoms with E-state index in [0.29, 0.717) is 6.54 Å². The van der Waals surface area contributed by atoms with Crippen LogP contribution in [0.1, 0.15) is 29.5 Å². The number of rotatable bonds is 4. The molecule has 1 aliphatic heterocycles. The Kier molecular flexibility index (Phi) is 3.86. The summed E-state index contributed by atoms with van der Waals surface area (Å²) in [4.78, 5) is 20.4. The molecule has 4 nitrogen and oxygen atoms in total. The topological polar surface area (TPSA) is 38.1 Å². The summed E-state index contributed by atoms with van der Waals surface area (Å²) < 4.78 is 1.87. The van der Waals surface area contributed by atoms with E-state index < -0.39 is 0 Å². The largest absolute Gasteiger partial charge is 0.298 e. The Bertz CT molecular complexity index is 1010. The molecule has 0 atom stereocenters. The molecule has 1 aromatic carbocycles. The predicted octanol–water partition coefficient (Wildman–Crippen LogP) is 3.21. The number of hydrogen-bond acceptors (Lipinski definition) is 3. The highest BCUT2D eigenvalue weighted by Crippen LogP contribution is 2.32. The molecule has 0 radical (unpaired) electrons. The summed E-state index contributed by atoms with van der Waals surface area (Å²) >= 11 is 0. The second-order valence-corrected chi connectivity index (χ2v) is 7.64. The average Bonchev–Trinajstić information content (AvgIpc) is 3.50.